The van der Waals surface area contributed by atoms with Gasteiger partial charge in [-0.3, -0.25) is 14.2 Å². The van der Waals surface area contributed by atoms with E-state index in [9.17, 15) is 19.0 Å². The minimum Gasteiger partial charge on any atom is -0.756 e. The zero-order chi connectivity index (χ0) is 39.8. The molecule has 1 aliphatic rings. The lowest BCUT2D eigenvalue weighted by Crippen LogP contribution is -2.37. The van der Waals surface area contributed by atoms with Crippen LogP contribution >= 0.6 is 7.82 Å². The van der Waals surface area contributed by atoms with Crippen molar-refractivity contribution in [2.45, 2.75) is 206 Å². The quantitative estimate of drug-likeness (QED) is 0.0149. The number of phosphoric acid groups is 1. The predicted octanol–water partition coefficient (Wildman–Crippen LogP) is 10.5. The first kappa shape index (κ1) is 50.7. The van der Waals surface area contributed by atoms with Crippen molar-refractivity contribution >= 4 is 19.8 Å². The Balaban J connectivity index is 2.27. The van der Waals surface area contributed by atoms with E-state index in [1.54, 1.807) is 0 Å². The van der Waals surface area contributed by atoms with E-state index >= 15 is 0 Å². The van der Waals surface area contributed by atoms with Crippen LogP contribution in [-0.2, 0) is 37.4 Å². The second kappa shape index (κ2) is 32.8. The normalized spacial score (nSPS) is 17.4. The molecule has 0 aromatic carbocycles. The van der Waals surface area contributed by atoms with E-state index in [4.69, 9.17) is 23.3 Å². The van der Waals surface area contributed by atoms with Gasteiger partial charge in [0.15, 0.2) is 6.10 Å². The van der Waals surface area contributed by atoms with Gasteiger partial charge in [0.1, 0.15) is 19.8 Å². The maximum Gasteiger partial charge on any atom is 0.306 e. The molecule has 0 aromatic rings. The number of carbonyl (C=O) groups is 2. The van der Waals surface area contributed by atoms with Gasteiger partial charge in [-0.1, -0.05) is 148 Å². The van der Waals surface area contributed by atoms with E-state index < -0.39 is 26.5 Å². The summed E-state index contributed by atoms with van der Waals surface area (Å²) in [6.07, 6.45) is 34.0. The molecule has 0 aliphatic carbocycles. The first-order valence-corrected chi connectivity index (χ1v) is 23.5. The molecule has 0 amide bonds. The molecular weight excluding hydrogens is 705 g/mol. The fourth-order valence-corrected chi connectivity index (χ4v) is 7.10. The minimum absolute atomic E-state index is 0.0335. The molecule has 1 fully saturated rings. The van der Waals surface area contributed by atoms with E-state index in [0.29, 0.717) is 29.7 Å². The summed E-state index contributed by atoms with van der Waals surface area (Å²) in [6, 6.07) is 0. The summed E-state index contributed by atoms with van der Waals surface area (Å²) in [4.78, 5) is 37.5. The molecule has 0 radical (unpaired) electrons. The van der Waals surface area contributed by atoms with Gasteiger partial charge in [0.25, 0.3) is 7.82 Å². The molecule has 318 valence electrons. The van der Waals surface area contributed by atoms with Crippen LogP contribution in [0.4, 0.5) is 0 Å². The maximum atomic E-state index is 12.7. The summed E-state index contributed by atoms with van der Waals surface area (Å²) in [7, 11) is 1.15. The summed E-state index contributed by atoms with van der Waals surface area (Å²) in [6.45, 7) is 4.18. The number of carbonyl (C=O) groups excluding carboxylic acids is 2. The minimum atomic E-state index is -4.63. The molecule has 3 unspecified atom stereocenters. The topological polar surface area (TPSA) is 124 Å². The molecule has 0 saturated carbocycles. The van der Waals surface area contributed by atoms with E-state index in [1.165, 1.54) is 96.3 Å². The van der Waals surface area contributed by atoms with Crippen molar-refractivity contribution in [3.8, 4) is 0 Å². The predicted molar refractivity (Wildman–Crippen MR) is 217 cm³/mol. The number of phosphoric ester groups is 1. The Labute approximate surface area is 331 Å². The number of esters is 2. The smallest absolute Gasteiger partial charge is 0.306 e. The average molecular weight is 788 g/mol. The highest BCUT2D eigenvalue weighted by Crippen LogP contribution is 2.38. The molecule has 4 atom stereocenters. The molecule has 54 heavy (non-hydrogen) atoms. The van der Waals surface area contributed by atoms with Gasteiger partial charge in [0, 0.05) is 12.8 Å². The zero-order valence-corrected chi connectivity index (χ0v) is 36.3. The number of quaternary nitrogens is 1. The number of rotatable bonds is 39. The number of epoxide rings is 1. The number of hydrogen-bond acceptors (Lipinski definition) is 9. The van der Waals surface area contributed by atoms with Crippen molar-refractivity contribution in [3.05, 3.63) is 12.2 Å². The van der Waals surface area contributed by atoms with Crippen molar-refractivity contribution in [1.29, 1.82) is 0 Å². The Morgan fingerprint density at radius 1 is 0.667 bits per heavy atom. The van der Waals surface area contributed by atoms with Crippen LogP contribution in [0.25, 0.3) is 0 Å². The van der Waals surface area contributed by atoms with Crippen LogP contribution in [0.1, 0.15) is 187 Å². The number of hydrogen-bond donors (Lipinski definition) is 0. The molecule has 1 heterocycles. The molecule has 1 rings (SSSR count). The molecule has 10 nitrogen and oxygen atoms in total. The first-order valence-electron chi connectivity index (χ1n) is 22.0. The Hall–Kier alpha value is -1.29. The van der Waals surface area contributed by atoms with Crippen molar-refractivity contribution in [3.63, 3.8) is 0 Å². The maximum absolute atomic E-state index is 12.7. The third kappa shape index (κ3) is 32.9. The highest BCUT2D eigenvalue weighted by Gasteiger charge is 2.36. The zero-order valence-electron chi connectivity index (χ0n) is 35.4. The van der Waals surface area contributed by atoms with Crippen molar-refractivity contribution in [2.75, 3.05) is 47.5 Å². The van der Waals surface area contributed by atoms with Gasteiger partial charge < -0.3 is 32.6 Å². The monoisotopic (exact) mass is 788 g/mol. The number of nitrogens with zero attached hydrogens (tertiary/aromatic N) is 1. The van der Waals surface area contributed by atoms with Crippen LogP contribution in [0.2, 0.25) is 0 Å². The molecule has 0 N–H and O–H groups in total. The largest absolute Gasteiger partial charge is 0.756 e. The molecule has 1 aliphatic heterocycles. The Kier molecular flexibility index (Phi) is 30.8. The van der Waals surface area contributed by atoms with Crippen LogP contribution in [0, 0.1) is 0 Å². The molecule has 11 heteroatoms. The highest BCUT2D eigenvalue weighted by atomic mass is 31.2. The molecule has 0 bridgehead atoms. The standard InChI is InChI=1S/C43H82NO9P/c1-6-8-10-11-12-13-14-15-16-17-18-22-25-29-33-42(45)49-37-39(38-51-54(47,48)50-36-35-44(3,4)5)52-43(46)34-30-26-23-20-19-21-24-28-32-41-40(53-41)31-27-9-7-2/h24,28,39-41H,6-23,25-27,29-38H2,1-5H3/b28-24-/t39-,40?,41?/m1/s1. The van der Waals surface area contributed by atoms with Gasteiger partial charge in [-0.15, -0.1) is 0 Å². The lowest BCUT2D eigenvalue weighted by molar-refractivity contribution is -0.870. The van der Waals surface area contributed by atoms with Gasteiger partial charge in [0.2, 0.25) is 0 Å². The third-order valence-corrected chi connectivity index (χ3v) is 10.9. The fraction of sp³-hybridized carbons (Fsp3) is 0.907. The van der Waals surface area contributed by atoms with E-state index in [-0.39, 0.29) is 32.0 Å². The van der Waals surface area contributed by atoms with Gasteiger partial charge >= 0.3 is 11.9 Å². The average Bonchev–Trinajstić information content (AvgIpc) is 3.87. The Bertz CT molecular complexity index is 1000. The molecular formula is C43H82NO9P. The summed E-state index contributed by atoms with van der Waals surface area (Å²) in [5.74, 6) is -0.849. The van der Waals surface area contributed by atoms with Crippen LogP contribution in [0.3, 0.4) is 0 Å². The van der Waals surface area contributed by atoms with E-state index in [2.05, 4.69) is 26.0 Å². The second-order valence-electron chi connectivity index (χ2n) is 16.5. The number of unbranched alkanes of at least 4 members (excludes halogenated alkanes) is 20. The first-order chi connectivity index (χ1) is 26.0. The fourth-order valence-electron chi connectivity index (χ4n) is 6.37. The summed E-state index contributed by atoms with van der Waals surface area (Å²) >= 11 is 0. The summed E-state index contributed by atoms with van der Waals surface area (Å²) in [5, 5.41) is 0. The summed E-state index contributed by atoms with van der Waals surface area (Å²) < 4.78 is 39.6. The Morgan fingerprint density at radius 3 is 1.76 bits per heavy atom. The van der Waals surface area contributed by atoms with E-state index in [0.717, 1.165) is 57.8 Å². The van der Waals surface area contributed by atoms with Crippen LogP contribution in [0.15, 0.2) is 12.2 Å². The van der Waals surface area contributed by atoms with Crippen molar-refractivity contribution < 1.29 is 46.8 Å². The van der Waals surface area contributed by atoms with Gasteiger partial charge in [-0.2, -0.15) is 0 Å². The van der Waals surface area contributed by atoms with Crippen LogP contribution in [0.5, 0.6) is 0 Å². The lowest BCUT2D eigenvalue weighted by Gasteiger charge is -2.28. The van der Waals surface area contributed by atoms with E-state index in [1.807, 2.05) is 21.1 Å². The number of allylic oxidation sites excluding steroid dienone is 1. The third-order valence-electron chi connectivity index (χ3n) is 9.96. The lowest BCUT2D eigenvalue weighted by atomic mass is 10.0. The van der Waals surface area contributed by atoms with Crippen molar-refractivity contribution in [2.24, 2.45) is 0 Å². The molecule has 0 aromatic heterocycles. The second-order valence-corrected chi connectivity index (χ2v) is 17.9. The number of ether oxygens (including phenoxy) is 3. The van der Waals surface area contributed by atoms with Crippen molar-refractivity contribution in [1.82, 2.24) is 0 Å². The SMILES string of the molecule is CCCCCCCCCCCCCCCCC(=O)OC[C@H](COP(=O)([O-])OCC[N+](C)(C)C)OC(=O)CCCCCCC/C=C\CC1OC1CCCCC. The summed E-state index contributed by atoms with van der Waals surface area (Å²) in [5.41, 5.74) is 0. The van der Waals surface area contributed by atoms with Crippen LogP contribution in [-0.4, -0.2) is 82.2 Å². The van der Waals surface area contributed by atoms with Gasteiger partial charge in [0.05, 0.1) is 40.0 Å². The molecule has 1 saturated heterocycles. The van der Waals surface area contributed by atoms with Gasteiger partial charge in [-0.05, 0) is 38.5 Å². The van der Waals surface area contributed by atoms with Crippen LogP contribution < -0.4 is 4.89 Å². The highest BCUT2D eigenvalue weighted by molar-refractivity contribution is 7.45. The number of likely N-dealkylation sites (N-methyl/N-ethyl adjacent to an activating group) is 1. The Morgan fingerprint density at radius 2 is 1.19 bits per heavy atom. The van der Waals surface area contributed by atoms with Gasteiger partial charge in [-0.25, -0.2) is 0 Å². The molecule has 0 spiro atoms.